The second-order valence-electron chi connectivity index (χ2n) is 2.17. The zero-order chi connectivity index (χ0) is 8.85. The van der Waals surface area contributed by atoms with Crippen LogP contribution < -0.4 is 5.73 Å². The lowest BCUT2D eigenvalue weighted by Crippen LogP contribution is -2.34. The monoisotopic (exact) mass is 160 g/mol. The number of hydrogen-bond acceptors (Lipinski definition) is 3. The largest absolute Gasteiger partial charge is 0.474 e. The van der Waals surface area contributed by atoms with Crippen LogP contribution in [0.5, 0.6) is 0 Å². The Hall–Kier alpha value is -1.10. The van der Waals surface area contributed by atoms with Gasteiger partial charge in [0, 0.05) is 13.6 Å². The van der Waals surface area contributed by atoms with E-state index in [2.05, 4.69) is 0 Å². The molecule has 0 aliphatic rings. The topological polar surface area (TPSA) is 83.6 Å². The van der Waals surface area contributed by atoms with Crippen molar-refractivity contribution < 1.29 is 14.7 Å². The maximum Gasteiger partial charge on any atom is 0.394 e. The third-order valence-electron chi connectivity index (χ3n) is 1.23. The fourth-order valence-corrected chi connectivity index (χ4v) is 0.593. The summed E-state index contributed by atoms with van der Waals surface area (Å²) in [5.41, 5.74) is 5.17. The van der Waals surface area contributed by atoms with Gasteiger partial charge >= 0.3 is 11.9 Å². The minimum absolute atomic E-state index is 0.391. The van der Waals surface area contributed by atoms with Crippen LogP contribution in [0.25, 0.3) is 0 Å². The van der Waals surface area contributed by atoms with Gasteiger partial charge in [0.1, 0.15) is 0 Å². The van der Waals surface area contributed by atoms with Gasteiger partial charge in [-0.05, 0) is 13.0 Å². The fraction of sp³-hybridized carbons (Fsp3) is 0.667. The van der Waals surface area contributed by atoms with Crippen molar-refractivity contribution in [2.24, 2.45) is 5.73 Å². The van der Waals surface area contributed by atoms with Crippen molar-refractivity contribution >= 4 is 11.9 Å². The lowest BCUT2D eigenvalue weighted by molar-refractivity contribution is -0.155. The minimum atomic E-state index is -1.43. The number of aliphatic carboxylic acids is 1. The van der Waals surface area contributed by atoms with E-state index in [9.17, 15) is 9.59 Å². The summed E-state index contributed by atoms with van der Waals surface area (Å²) in [4.78, 5) is 21.8. The number of hydrogen-bond donors (Lipinski definition) is 2. The maximum atomic E-state index is 10.6. The van der Waals surface area contributed by atoms with Crippen molar-refractivity contribution in [3.8, 4) is 0 Å². The number of carboxylic acid groups (broad SMARTS) is 1. The smallest absolute Gasteiger partial charge is 0.394 e. The molecule has 0 fully saturated rings. The van der Waals surface area contributed by atoms with Gasteiger partial charge in [0.05, 0.1) is 0 Å². The van der Waals surface area contributed by atoms with E-state index in [1.54, 1.807) is 0 Å². The van der Waals surface area contributed by atoms with E-state index in [0.29, 0.717) is 19.5 Å². The molecule has 0 atom stereocenters. The van der Waals surface area contributed by atoms with Crippen molar-refractivity contribution in [1.29, 1.82) is 0 Å². The molecule has 0 saturated carbocycles. The highest BCUT2D eigenvalue weighted by atomic mass is 16.4. The summed E-state index contributed by atoms with van der Waals surface area (Å²) in [7, 11) is 1.44. The summed E-state index contributed by atoms with van der Waals surface area (Å²) in [6.45, 7) is 0.846. The number of carbonyl (C=O) groups excluding carboxylic acids is 1. The number of carbonyl (C=O) groups is 2. The third-order valence-corrected chi connectivity index (χ3v) is 1.23. The Morgan fingerprint density at radius 2 is 2.09 bits per heavy atom. The quantitative estimate of drug-likeness (QED) is 0.512. The molecule has 0 spiro atoms. The molecule has 0 bridgehead atoms. The Kier molecular flexibility index (Phi) is 4.21. The van der Waals surface area contributed by atoms with Gasteiger partial charge in [-0.1, -0.05) is 0 Å². The average Bonchev–Trinajstić information content (AvgIpc) is 1.98. The number of rotatable bonds is 3. The van der Waals surface area contributed by atoms with Crippen molar-refractivity contribution in [1.82, 2.24) is 4.90 Å². The van der Waals surface area contributed by atoms with Crippen LogP contribution in [0.3, 0.4) is 0 Å². The van der Waals surface area contributed by atoms with Gasteiger partial charge in [0.2, 0.25) is 0 Å². The normalized spacial score (nSPS) is 9.27. The van der Waals surface area contributed by atoms with Crippen molar-refractivity contribution in [2.75, 3.05) is 20.1 Å². The first-order chi connectivity index (χ1) is 5.09. The molecule has 5 heteroatoms. The molecule has 0 aliphatic carbocycles. The summed E-state index contributed by atoms with van der Waals surface area (Å²) in [5, 5.41) is 8.23. The van der Waals surface area contributed by atoms with E-state index in [4.69, 9.17) is 10.8 Å². The van der Waals surface area contributed by atoms with Crippen molar-refractivity contribution in [2.45, 2.75) is 6.42 Å². The lowest BCUT2D eigenvalue weighted by Gasteiger charge is -2.12. The molecule has 0 radical (unpaired) electrons. The fourth-order valence-electron chi connectivity index (χ4n) is 0.593. The van der Waals surface area contributed by atoms with E-state index in [1.807, 2.05) is 0 Å². The van der Waals surface area contributed by atoms with Crippen molar-refractivity contribution in [3.63, 3.8) is 0 Å². The molecule has 5 nitrogen and oxygen atoms in total. The number of amides is 1. The molecular weight excluding hydrogens is 148 g/mol. The Bertz CT molecular complexity index is 158. The predicted molar refractivity (Wildman–Crippen MR) is 38.9 cm³/mol. The minimum Gasteiger partial charge on any atom is -0.474 e. The molecule has 0 unspecified atom stereocenters. The van der Waals surface area contributed by atoms with Gasteiger partial charge in [0.15, 0.2) is 0 Å². The van der Waals surface area contributed by atoms with E-state index in [1.165, 1.54) is 7.05 Å². The highest BCUT2D eigenvalue weighted by molar-refractivity contribution is 6.31. The van der Waals surface area contributed by atoms with Gasteiger partial charge in [-0.3, -0.25) is 4.79 Å². The highest BCUT2D eigenvalue weighted by Gasteiger charge is 2.15. The molecule has 3 N–H and O–H groups in total. The first-order valence-electron chi connectivity index (χ1n) is 3.28. The Labute approximate surface area is 64.8 Å². The Morgan fingerprint density at radius 3 is 2.45 bits per heavy atom. The SMILES string of the molecule is CN(CCCN)C(=O)C(=O)O. The van der Waals surface area contributed by atoms with E-state index >= 15 is 0 Å². The molecule has 11 heavy (non-hydrogen) atoms. The van der Waals surface area contributed by atoms with Crippen LogP contribution in [-0.2, 0) is 9.59 Å². The van der Waals surface area contributed by atoms with Gasteiger partial charge in [-0.25, -0.2) is 4.79 Å². The summed E-state index contributed by atoms with van der Waals surface area (Å²) in [6, 6.07) is 0. The van der Waals surface area contributed by atoms with Crippen LogP contribution in [0.4, 0.5) is 0 Å². The Balaban J connectivity index is 3.73. The molecule has 0 heterocycles. The van der Waals surface area contributed by atoms with Crippen LogP contribution >= 0.6 is 0 Å². The van der Waals surface area contributed by atoms with Gasteiger partial charge in [-0.2, -0.15) is 0 Å². The molecule has 0 saturated heterocycles. The first-order valence-corrected chi connectivity index (χ1v) is 3.28. The second-order valence-corrected chi connectivity index (χ2v) is 2.17. The molecule has 0 aromatic rings. The first kappa shape index (κ1) is 9.90. The van der Waals surface area contributed by atoms with Gasteiger partial charge in [0.25, 0.3) is 0 Å². The Morgan fingerprint density at radius 1 is 1.55 bits per heavy atom. The summed E-state index contributed by atoms with van der Waals surface area (Å²) in [6.07, 6.45) is 0.621. The number of nitrogens with two attached hydrogens (primary N) is 1. The summed E-state index contributed by atoms with van der Waals surface area (Å²) in [5.74, 6) is -2.32. The summed E-state index contributed by atoms with van der Waals surface area (Å²) < 4.78 is 0. The zero-order valence-corrected chi connectivity index (χ0v) is 6.41. The van der Waals surface area contributed by atoms with E-state index < -0.39 is 11.9 Å². The van der Waals surface area contributed by atoms with Gasteiger partial charge < -0.3 is 15.7 Å². The van der Waals surface area contributed by atoms with Crippen LogP contribution in [0.15, 0.2) is 0 Å². The third kappa shape index (κ3) is 3.57. The second kappa shape index (κ2) is 4.68. The standard InChI is InChI=1S/C6H12N2O3/c1-8(4-2-3-7)5(9)6(10)11/h2-4,7H2,1H3,(H,10,11). The number of likely N-dealkylation sites (N-methyl/N-ethyl adjacent to an activating group) is 1. The maximum absolute atomic E-state index is 10.6. The molecular formula is C6H12N2O3. The van der Waals surface area contributed by atoms with Crippen LogP contribution in [0, 0.1) is 0 Å². The summed E-state index contributed by atoms with van der Waals surface area (Å²) >= 11 is 0. The van der Waals surface area contributed by atoms with Crippen LogP contribution in [0.1, 0.15) is 6.42 Å². The van der Waals surface area contributed by atoms with Crippen LogP contribution in [0.2, 0.25) is 0 Å². The molecule has 0 aliphatic heterocycles. The van der Waals surface area contributed by atoms with Crippen molar-refractivity contribution in [3.05, 3.63) is 0 Å². The number of carboxylic acids is 1. The van der Waals surface area contributed by atoms with E-state index in [0.717, 1.165) is 4.90 Å². The molecule has 0 rings (SSSR count). The average molecular weight is 160 g/mol. The van der Waals surface area contributed by atoms with Gasteiger partial charge in [-0.15, -0.1) is 0 Å². The lowest BCUT2D eigenvalue weighted by atomic mass is 10.4. The van der Waals surface area contributed by atoms with Crippen LogP contribution in [-0.4, -0.2) is 42.0 Å². The molecule has 1 amide bonds. The molecule has 64 valence electrons. The predicted octanol–water partition coefficient (Wildman–Crippen LogP) is -1.12. The molecule has 0 aromatic heterocycles. The van der Waals surface area contributed by atoms with E-state index in [-0.39, 0.29) is 0 Å². The highest BCUT2D eigenvalue weighted by Crippen LogP contribution is 1.86. The molecule has 0 aromatic carbocycles. The zero-order valence-electron chi connectivity index (χ0n) is 6.41. The number of nitrogens with zero attached hydrogens (tertiary/aromatic N) is 1.